The molecule has 2 rings (SSSR count). The van der Waals surface area contributed by atoms with Crippen molar-refractivity contribution in [2.45, 2.75) is 6.54 Å². The van der Waals surface area contributed by atoms with Crippen LogP contribution in [0.25, 0.3) is 0 Å². The minimum Gasteiger partial charge on any atom is -0.364 e. The molecule has 0 aliphatic carbocycles. The molecule has 0 atom stereocenters. The topological polar surface area (TPSA) is 70.2 Å². The summed E-state index contributed by atoms with van der Waals surface area (Å²) in [5.74, 6) is 0. The van der Waals surface area contributed by atoms with Crippen LogP contribution in [-0.2, 0) is 6.54 Å². The molecule has 0 saturated carbocycles. The molecule has 1 aromatic heterocycles. The van der Waals surface area contributed by atoms with Crippen LogP contribution >= 0.6 is 11.3 Å². The lowest BCUT2D eigenvalue weighted by molar-refractivity contribution is -0.384. The van der Waals surface area contributed by atoms with Crippen molar-refractivity contribution in [2.24, 2.45) is 0 Å². The first-order valence-electron chi connectivity index (χ1n) is 5.54. The highest BCUT2D eigenvalue weighted by atomic mass is 32.1. The van der Waals surface area contributed by atoms with Crippen molar-refractivity contribution in [1.82, 2.24) is 0 Å². The van der Waals surface area contributed by atoms with Gasteiger partial charge in [0.1, 0.15) is 5.69 Å². The Morgan fingerprint density at radius 2 is 2.26 bits per heavy atom. The number of nitriles is 1. The fourth-order valence-corrected chi connectivity index (χ4v) is 2.54. The minimum atomic E-state index is -0.457. The van der Waals surface area contributed by atoms with Gasteiger partial charge in [0.25, 0.3) is 5.69 Å². The molecule has 1 aromatic carbocycles. The van der Waals surface area contributed by atoms with Gasteiger partial charge >= 0.3 is 0 Å². The highest BCUT2D eigenvalue weighted by Crippen LogP contribution is 2.29. The van der Waals surface area contributed by atoms with Gasteiger partial charge in [0, 0.05) is 18.0 Å². The van der Waals surface area contributed by atoms with Crippen molar-refractivity contribution >= 4 is 22.7 Å². The summed E-state index contributed by atoms with van der Waals surface area (Å²) in [4.78, 5) is 13.5. The van der Waals surface area contributed by atoms with Crippen molar-refractivity contribution in [3.05, 3.63) is 56.3 Å². The Morgan fingerprint density at radius 1 is 1.47 bits per heavy atom. The van der Waals surface area contributed by atoms with E-state index in [1.807, 2.05) is 28.5 Å². The van der Waals surface area contributed by atoms with Gasteiger partial charge in [0.15, 0.2) is 0 Å². The van der Waals surface area contributed by atoms with Gasteiger partial charge in [-0.15, -0.1) is 11.3 Å². The summed E-state index contributed by atoms with van der Waals surface area (Å²) in [6.45, 7) is 0.602. The molecule has 0 bridgehead atoms. The first kappa shape index (κ1) is 13.1. The second kappa shape index (κ2) is 5.50. The summed E-state index contributed by atoms with van der Waals surface area (Å²) in [6, 6.07) is 10.4. The van der Waals surface area contributed by atoms with Gasteiger partial charge in [-0.25, -0.2) is 0 Å². The summed E-state index contributed by atoms with van der Waals surface area (Å²) >= 11 is 1.60. The third kappa shape index (κ3) is 2.89. The Labute approximate surface area is 114 Å². The van der Waals surface area contributed by atoms with Gasteiger partial charge < -0.3 is 4.90 Å². The zero-order valence-corrected chi connectivity index (χ0v) is 11.1. The average Bonchev–Trinajstić information content (AvgIpc) is 2.90. The molecule has 2 aromatic rings. The molecule has 0 aliphatic heterocycles. The van der Waals surface area contributed by atoms with Gasteiger partial charge in [0.2, 0.25) is 0 Å². The number of nitrogens with zero attached hydrogens (tertiary/aromatic N) is 3. The maximum Gasteiger partial charge on any atom is 0.293 e. The second-order valence-electron chi connectivity index (χ2n) is 4.01. The lowest BCUT2D eigenvalue weighted by atomic mass is 10.1. The molecule has 19 heavy (non-hydrogen) atoms. The molecule has 0 aliphatic rings. The van der Waals surface area contributed by atoms with E-state index in [2.05, 4.69) is 0 Å². The molecular weight excluding hydrogens is 262 g/mol. The zero-order valence-electron chi connectivity index (χ0n) is 10.2. The molecule has 96 valence electrons. The van der Waals surface area contributed by atoms with Crippen molar-refractivity contribution in [1.29, 1.82) is 5.26 Å². The maximum absolute atomic E-state index is 11.1. The zero-order chi connectivity index (χ0) is 13.8. The molecule has 0 spiro atoms. The van der Waals surface area contributed by atoms with E-state index in [4.69, 9.17) is 5.26 Å². The number of thiophene rings is 1. The van der Waals surface area contributed by atoms with E-state index >= 15 is 0 Å². The van der Waals surface area contributed by atoms with Crippen molar-refractivity contribution < 1.29 is 4.92 Å². The summed E-state index contributed by atoms with van der Waals surface area (Å²) in [6.07, 6.45) is 0. The van der Waals surface area contributed by atoms with Gasteiger partial charge in [-0.2, -0.15) is 5.26 Å². The summed E-state index contributed by atoms with van der Waals surface area (Å²) in [5.41, 5.74) is 0.760. The lowest BCUT2D eigenvalue weighted by Crippen LogP contribution is -2.17. The highest BCUT2D eigenvalue weighted by molar-refractivity contribution is 7.09. The Morgan fingerprint density at radius 3 is 2.84 bits per heavy atom. The predicted molar refractivity (Wildman–Crippen MR) is 74.2 cm³/mol. The van der Waals surface area contributed by atoms with Crippen LogP contribution in [0.15, 0.2) is 35.7 Å². The van der Waals surface area contributed by atoms with Crippen molar-refractivity contribution in [3.63, 3.8) is 0 Å². The monoisotopic (exact) mass is 273 g/mol. The third-order valence-electron chi connectivity index (χ3n) is 2.69. The van der Waals surface area contributed by atoms with Crippen LogP contribution in [0, 0.1) is 21.4 Å². The fourth-order valence-electron chi connectivity index (χ4n) is 1.78. The van der Waals surface area contributed by atoms with Crippen LogP contribution in [0.2, 0.25) is 0 Å². The van der Waals surface area contributed by atoms with Gasteiger partial charge in [-0.1, -0.05) is 6.07 Å². The van der Waals surface area contributed by atoms with Crippen LogP contribution in [0.1, 0.15) is 10.4 Å². The number of rotatable bonds is 4. The normalized spacial score (nSPS) is 9.89. The fraction of sp³-hybridized carbons (Fsp3) is 0.154. The largest absolute Gasteiger partial charge is 0.364 e. The highest BCUT2D eigenvalue weighted by Gasteiger charge is 2.18. The summed E-state index contributed by atoms with van der Waals surface area (Å²) in [5, 5.41) is 21.8. The van der Waals surface area contributed by atoms with Crippen LogP contribution in [0.5, 0.6) is 0 Å². The first-order chi connectivity index (χ1) is 9.11. The maximum atomic E-state index is 11.1. The second-order valence-corrected chi connectivity index (χ2v) is 5.04. The van der Waals surface area contributed by atoms with E-state index in [-0.39, 0.29) is 5.69 Å². The standard InChI is InChI=1S/C13H11N3O2S/c1-15(9-11-3-2-6-19-11)12-5-4-10(8-14)7-13(12)16(17)18/h2-7H,9H2,1H3. The van der Waals surface area contributed by atoms with E-state index in [0.717, 1.165) is 4.88 Å². The van der Waals surface area contributed by atoms with Crippen molar-refractivity contribution in [3.8, 4) is 6.07 Å². The summed E-state index contributed by atoms with van der Waals surface area (Å²) in [7, 11) is 1.80. The number of hydrogen-bond acceptors (Lipinski definition) is 5. The molecule has 0 radical (unpaired) electrons. The molecule has 1 heterocycles. The van der Waals surface area contributed by atoms with Crippen LogP contribution in [0.4, 0.5) is 11.4 Å². The molecule has 0 unspecified atom stereocenters. The molecule has 0 saturated heterocycles. The summed E-state index contributed by atoms with van der Waals surface area (Å²) < 4.78 is 0. The molecule has 5 nitrogen and oxygen atoms in total. The Hall–Kier alpha value is -2.39. The SMILES string of the molecule is CN(Cc1cccs1)c1ccc(C#N)cc1[N+](=O)[O-]. The first-order valence-corrected chi connectivity index (χ1v) is 6.42. The quantitative estimate of drug-likeness (QED) is 0.633. The van der Waals surface area contributed by atoms with Gasteiger partial charge in [-0.05, 0) is 23.6 Å². The molecule has 0 N–H and O–H groups in total. The van der Waals surface area contributed by atoms with Crippen LogP contribution in [0.3, 0.4) is 0 Å². The number of nitro benzene ring substituents is 1. The average molecular weight is 273 g/mol. The van der Waals surface area contributed by atoms with E-state index in [1.54, 1.807) is 30.5 Å². The van der Waals surface area contributed by atoms with Crippen LogP contribution in [-0.4, -0.2) is 12.0 Å². The molecule has 0 amide bonds. The lowest BCUT2D eigenvalue weighted by Gasteiger charge is -2.18. The number of anilines is 1. The smallest absolute Gasteiger partial charge is 0.293 e. The Balaban J connectivity index is 2.33. The molecule has 0 fully saturated rings. The third-order valence-corrected chi connectivity index (χ3v) is 3.55. The Bertz CT molecular complexity index is 632. The predicted octanol–water partition coefficient (Wildman–Crippen LogP) is 3.16. The van der Waals surface area contributed by atoms with Gasteiger partial charge in [-0.3, -0.25) is 10.1 Å². The number of nitro groups is 1. The van der Waals surface area contributed by atoms with Gasteiger partial charge in [0.05, 0.1) is 23.1 Å². The molecular formula is C13H11N3O2S. The van der Waals surface area contributed by atoms with Crippen LogP contribution < -0.4 is 4.90 Å². The van der Waals surface area contributed by atoms with Crippen molar-refractivity contribution in [2.75, 3.05) is 11.9 Å². The number of hydrogen-bond donors (Lipinski definition) is 0. The number of benzene rings is 1. The minimum absolute atomic E-state index is 0.0434. The van der Waals surface area contributed by atoms with E-state index in [9.17, 15) is 10.1 Å². The van der Waals surface area contributed by atoms with E-state index in [1.165, 1.54) is 6.07 Å². The van der Waals surface area contributed by atoms with E-state index < -0.39 is 4.92 Å². The van der Waals surface area contributed by atoms with E-state index in [0.29, 0.717) is 17.8 Å². The molecule has 6 heteroatoms. The Kier molecular flexibility index (Phi) is 3.78.